The highest BCUT2D eigenvalue weighted by atomic mass is 15.1. The molecule has 452 valence electrons. The normalized spacial score (nSPS) is 11.8. The van der Waals surface area contributed by atoms with Crippen LogP contribution in [0.3, 0.4) is 0 Å². The van der Waals surface area contributed by atoms with Gasteiger partial charge in [0.05, 0.1) is 22.1 Å². The van der Waals surface area contributed by atoms with E-state index in [2.05, 4.69) is 362 Å². The van der Waals surface area contributed by atoms with E-state index in [9.17, 15) is 0 Å². The second-order valence-electron chi connectivity index (χ2n) is 25.7. The van der Waals surface area contributed by atoms with E-state index in [1.54, 1.807) is 0 Å². The predicted molar refractivity (Wildman–Crippen MR) is 409 cm³/mol. The van der Waals surface area contributed by atoms with Gasteiger partial charge in [0.15, 0.2) is 0 Å². The zero-order valence-electron chi connectivity index (χ0n) is 53.2. The Kier molecular flexibility index (Phi) is 13.1. The molecule has 19 rings (SSSR count). The molecule has 2 heterocycles. The number of para-hydroxylation sites is 4. The van der Waals surface area contributed by atoms with Crippen LogP contribution in [0.1, 0.15) is 5.56 Å². The van der Waals surface area contributed by atoms with Crippen LogP contribution < -0.4 is 0 Å². The molecule has 17 aromatic carbocycles. The minimum Gasteiger partial charge on any atom is -0.292 e. The van der Waals surface area contributed by atoms with Crippen LogP contribution in [0.4, 0.5) is 0 Å². The molecule has 97 heavy (non-hydrogen) atoms. The molecule has 4 heteroatoms. The molecule has 2 aromatic heterocycles. The van der Waals surface area contributed by atoms with Gasteiger partial charge < -0.3 is 0 Å². The topological polar surface area (TPSA) is 35.6 Å². The summed E-state index contributed by atoms with van der Waals surface area (Å²) in [6.07, 6.45) is 0. The van der Waals surface area contributed by atoms with Gasteiger partial charge in [-0.15, -0.1) is 0 Å². The third kappa shape index (κ3) is 9.44. The molecule has 0 N–H and O–H groups in total. The van der Waals surface area contributed by atoms with Crippen molar-refractivity contribution in [2.75, 3.05) is 0 Å². The number of hydrogen-bond donors (Lipinski definition) is 0. The van der Waals surface area contributed by atoms with Crippen LogP contribution in [0.2, 0.25) is 0 Å². The van der Waals surface area contributed by atoms with E-state index in [0.717, 1.165) is 89.6 Å². The maximum atomic E-state index is 5.20. The Bertz CT molecular complexity index is 6360. The summed E-state index contributed by atoms with van der Waals surface area (Å²) in [6.45, 7) is 2.22. The Morgan fingerprint density at radius 2 is 0.546 bits per heavy atom. The Morgan fingerprint density at radius 1 is 0.206 bits per heavy atom. The number of benzene rings is 17. The van der Waals surface area contributed by atoms with Crippen LogP contribution >= 0.6 is 0 Å². The summed E-state index contributed by atoms with van der Waals surface area (Å²) in [4.78, 5) is 10.4. The van der Waals surface area contributed by atoms with Crippen molar-refractivity contribution in [2.45, 2.75) is 6.92 Å². The van der Waals surface area contributed by atoms with E-state index in [1.807, 2.05) is 0 Å². The first-order valence-electron chi connectivity index (χ1n) is 33.3. The lowest BCUT2D eigenvalue weighted by atomic mass is 9.83. The maximum Gasteiger partial charge on any atom is 0.145 e. The first kappa shape index (κ1) is 55.8. The third-order valence-electron chi connectivity index (χ3n) is 19.9. The Balaban J connectivity index is 0.791. The van der Waals surface area contributed by atoms with Crippen LogP contribution in [0.15, 0.2) is 346 Å². The molecule has 0 saturated carbocycles. The Hall–Kier alpha value is -12.8. The van der Waals surface area contributed by atoms with Gasteiger partial charge in [-0.2, -0.15) is 0 Å². The fourth-order valence-electron chi connectivity index (χ4n) is 15.4. The van der Waals surface area contributed by atoms with Crippen molar-refractivity contribution >= 4 is 86.7 Å². The highest BCUT2D eigenvalue weighted by molar-refractivity contribution is 6.24. The van der Waals surface area contributed by atoms with Crippen LogP contribution in [0.25, 0.3) is 188 Å². The van der Waals surface area contributed by atoms with Crippen molar-refractivity contribution in [1.82, 2.24) is 19.1 Å². The van der Waals surface area contributed by atoms with Gasteiger partial charge in [-0.25, -0.2) is 9.97 Å². The van der Waals surface area contributed by atoms with Crippen molar-refractivity contribution < 1.29 is 0 Å². The molecule has 0 radical (unpaired) electrons. The molecule has 0 bridgehead atoms. The van der Waals surface area contributed by atoms with E-state index in [-0.39, 0.29) is 0 Å². The molecule has 0 spiro atoms. The third-order valence-corrected chi connectivity index (χ3v) is 19.9. The van der Waals surface area contributed by atoms with Gasteiger partial charge in [0.25, 0.3) is 0 Å². The summed E-state index contributed by atoms with van der Waals surface area (Å²) in [7, 11) is 0. The van der Waals surface area contributed by atoms with Gasteiger partial charge in [-0.05, 0) is 217 Å². The van der Waals surface area contributed by atoms with E-state index in [1.165, 1.54) is 104 Å². The first-order valence-corrected chi connectivity index (χ1v) is 33.3. The number of nitrogens with zero attached hydrogens (tertiary/aromatic N) is 4. The minimum atomic E-state index is 0.916. The van der Waals surface area contributed by atoms with E-state index >= 15 is 0 Å². The summed E-state index contributed by atoms with van der Waals surface area (Å²) in [6, 6.07) is 127. The summed E-state index contributed by atoms with van der Waals surface area (Å²) in [5, 5.41) is 14.5. The summed E-state index contributed by atoms with van der Waals surface area (Å²) >= 11 is 0. The highest BCUT2D eigenvalue weighted by Gasteiger charge is 2.23. The predicted octanol–water partition coefficient (Wildman–Crippen LogP) is 24.9. The second-order valence-corrected chi connectivity index (χ2v) is 25.7. The number of aromatic nitrogens is 4. The van der Waals surface area contributed by atoms with Gasteiger partial charge in [-0.3, -0.25) is 9.13 Å². The highest BCUT2D eigenvalue weighted by Crippen LogP contribution is 2.49. The number of aryl methyl sites for hydroxylation is 1. The zero-order chi connectivity index (χ0) is 64.1. The number of hydrogen-bond acceptors (Lipinski definition) is 2. The monoisotopic (exact) mass is 1230 g/mol. The van der Waals surface area contributed by atoms with E-state index < -0.39 is 0 Å². The van der Waals surface area contributed by atoms with E-state index in [4.69, 9.17) is 9.97 Å². The van der Waals surface area contributed by atoms with E-state index in [0.29, 0.717) is 0 Å². The van der Waals surface area contributed by atoms with Gasteiger partial charge in [0, 0.05) is 22.5 Å². The largest absolute Gasteiger partial charge is 0.292 e. The van der Waals surface area contributed by atoms with Gasteiger partial charge in [-0.1, -0.05) is 272 Å². The van der Waals surface area contributed by atoms with Crippen molar-refractivity contribution in [3.8, 4) is 101 Å². The van der Waals surface area contributed by atoms with Gasteiger partial charge in [0.2, 0.25) is 0 Å². The lowest BCUT2D eigenvalue weighted by Crippen LogP contribution is -1.98. The number of rotatable bonds is 10. The molecule has 0 fully saturated rings. The van der Waals surface area contributed by atoms with Crippen molar-refractivity contribution in [3.63, 3.8) is 0 Å². The molecular formula is C93H60N4. The summed E-state index contributed by atoms with van der Waals surface area (Å²) in [5.41, 5.74) is 23.7. The first-order chi connectivity index (χ1) is 48.0. The SMILES string of the molecule is Cc1ccc2c(-c3ccc4ccccc4c3)c3ccc(-c4cccc(-c5ccc6c(-c7ccc8ccccc8c7)c7ccccc7c(-c7ccc(-n8c(-c9ccccc9)nc9ccccc98)cc7)c6c5)c4)cc3c(-c3ccc(-n4c(-c5ccccc5)nc5ccccc54)cc3)c2c1. The number of imidazole rings is 2. The smallest absolute Gasteiger partial charge is 0.145 e. The lowest BCUT2D eigenvalue weighted by Gasteiger charge is -2.20. The van der Waals surface area contributed by atoms with Crippen LogP contribution in [-0.2, 0) is 0 Å². The van der Waals surface area contributed by atoms with Crippen LogP contribution in [0.5, 0.6) is 0 Å². The fourth-order valence-corrected chi connectivity index (χ4v) is 15.4. The number of fused-ring (bicyclic) bond motifs is 8. The van der Waals surface area contributed by atoms with Crippen LogP contribution in [0, 0.1) is 6.92 Å². The molecule has 0 aliphatic rings. The Morgan fingerprint density at radius 3 is 1.03 bits per heavy atom. The second kappa shape index (κ2) is 22.8. The van der Waals surface area contributed by atoms with Crippen molar-refractivity contribution in [2.24, 2.45) is 0 Å². The maximum absolute atomic E-state index is 5.20. The molecule has 4 nitrogen and oxygen atoms in total. The average molecular weight is 1230 g/mol. The minimum absolute atomic E-state index is 0.916. The average Bonchev–Trinajstić information content (AvgIpc) is 1.57. The zero-order valence-corrected chi connectivity index (χ0v) is 53.2. The lowest BCUT2D eigenvalue weighted by molar-refractivity contribution is 1.10. The molecule has 19 aromatic rings. The molecule has 0 saturated heterocycles. The molecule has 0 amide bonds. The molecular weight excluding hydrogens is 1170 g/mol. The Labute approximate surface area is 561 Å². The fraction of sp³-hybridized carbons (Fsp3) is 0.0108. The molecule has 0 unspecified atom stereocenters. The van der Waals surface area contributed by atoms with Crippen molar-refractivity contribution in [1.29, 1.82) is 0 Å². The van der Waals surface area contributed by atoms with Gasteiger partial charge >= 0.3 is 0 Å². The molecule has 0 aliphatic carbocycles. The molecule has 0 aliphatic heterocycles. The van der Waals surface area contributed by atoms with Crippen LogP contribution in [-0.4, -0.2) is 19.1 Å². The molecule has 0 atom stereocenters. The standard InChI is InChI=1S/C93H60N4/c1-59-35-50-78-81(53-59)89(63-42-48-75(49-43-63)97-87-34-17-15-32-85(87)95-93(97)65-23-6-3-7-24-65)83-58-71(45-52-80(83)91(78)73-39-37-61-20-9-11-26-67(61)56-73)69-28-18-27-68(54-69)70-44-51-79-82(57-70)88(76-29-12-13-30-77(76)90(79)72-38-36-60-19-8-10-25-66(60)55-72)62-40-46-74(47-41-62)96-86-33-16-14-31-84(86)94-92(96)64-21-4-2-5-22-64/h2-58H,1H3. The van der Waals surface area contributed by atoms with Crippen molar-refractivity contribution in [3.05, 3.63) is 351 Å². The summed E-state index contributed by atoms with van der Waals surface area (Å²) < 4.78 is 4.60. The van der Waals surface area contributed by atoms with Gasteiger partial charge in [0.1, 0.15) is 11.6 Å². The quantitative estimate of drug-likeness (QED) is 0.128. The summed E-state index contributed by atoms with van der Waals surface area (Å²) in [5.74, 6) is 1.83.